The average molecular weight is 211 g/mol. The second-order valence-corrected chi connectivity index (χ2v) is 3.40. The highest BCUT2D eigenvalue weighted by Crippen LogP contribution is 2.21. The Morgan fingerprint density at radius 3 is 2.86 bits per heavy atom. The van der Waals surface area contributed by atoms with E-state index in [0.717, 1.165) is 5.56 Å². The first-order valence-electron chi connectivity index (χ1n) is 4.25. The molecule has 0 saturated heterocycles. The van der Waals surface area contributed by atoms with Crippen molar-refractivity contribution in [2.24, 2.45) is 5.73 Å². The Kier molecular flexibility index (Phi) is 3.90. The lowest BCUT2D eigenvalue weighted by Gasteiger charge is -2.11. The van der Waals surface area contributed by atoms with Crippen molar-refractivity contribution >= 4 is 11.6 Å². The van der Waals surface area contributed by atoms with E-state index < -0.39 is 0 Å². The summed E-state index contributed by atoms with van der Waals surface area (Å²) in [5.41, 5.74) is 6.98. The fourth-order valence-corrected chi connectivity index (χ4v) is 1.42. The van der Waals surface area contributed by atoms with Crippen LogP contribution in [0.15, 0.2) is 18.2 Å². The minimum Gasteiger partial charge on any atom is -0.396 e. The first-order valence-corrected chi connectivity index (χ1v) is 4.63. The highest BCUT2D eigenvalue weighted by Gasteiger charge is 2.10. The Morgan fingerprint density at radius 2 is 2.29 bits per heavy atom. The fourth-order valence-electron chi connectivity index (χ4n) is 1.24. The average Bonchev–Trinajstić information content (AvgIpc) is 2.17. The van der Waals surface area contributed by atoms with E-state index >= 15 is 0 Å². The maximum Gasteiger partial charge on any atom is 0.0995 e. The van der Waals surface area contributed by atoms with E-state index in [-0.39, 0.29) is 12.6 Å². The summed E-state index contributed by atoms with van der Waals surface area (Å²) in [6, 6.07) is 6.71. The lowest BCUT2D eigenvalue weighted by molar-refractivity contribution is 0.276. The minimum absolute atomic E-state index is 0.00859. The number of nitrogens with two attached hydrogens (primary N) is 1. The van der Waals surface area contributed by atoms with Crippen LogP contribution in [0, 0.1) is 11.3 Å². The highest BCUT2D eigenvalue weighted by atomic mass is 35.5. The number of hydrogen-bond donors (Lipinski definition) is 2. The monoisotopic (exact) mass is 210 g/mol. The lowest BCUT2D eigenvalue weighted by Crippen LogP contribution is -2.13. The molecule has 0 aliphatic carbocycles. The Morgan fingerprint density at radius 1 is 1.57 bits per heavy atom. The second kappa shape index (κ2) is 4.97. The van der Waals surface area contributed by atoms with Crippen molar-refractivity contribution in [1.82, 2.24) is 0 Å². The van der Waals surface area contributed by atoms with Gasteiger partial charge in [-0.1, -0.05) is 17.7 Å². The summed E-state index contributed by atoms with van der Waals surface area (Å²) in [5, 5.41) is 18.1. The van der Waals surface area contributed by atoms with Crippen LogP contribution in [0.4, 0.5) is 0 Å². The predicted molar refractivity (Wildman–Crippen MR) is 54.8 cm³/mol. The number of nitrogens with zero attached hydrogens (tertiary/aromatic N) is 1. The van der Waals surface area contributed by atoms with Crippen LogP contribution in [0.2, 0.25) is 5.02 Å². The molecule has 0 aliphatic rings. The smallest absolute Gasteiger partial charge is 0.0995 e. The number of benzene rings is 1. The molecule has 0 saturated carbocycles. The molecule has 74 valence electrons. The maximum absolute atomic E-state index is 8.83. The molecule has 1 aromatic carbocycles. The molecule has 0 unspecified atom stereocenters. The van der Waals surface area contributed by atoms with Gasteiger partial charge in [-0.25, -0.2) is 0 Å². The van der Waals surface area contributed by atoms with Crippen molar-refractivity contribution in [2.75, 3.05) is 6.61 Å². The first-order chi connectivity index (χ1) is 6.69. The molecule has 3 N–H and O–H groups in total. The van der Waals surface area contributed by atoms with E-state index in [9.17, 15) is 0 Å². The summed E-state index contributed by atoms with van der Waals surface area (Å²) in [7, 11) is 0. The lowest BCUT2D eigenvalue weighted by atomic mass is 10.00. The Labute approximate surface area is 87.7 Å². The summed E-state index contributed by atoms with van der Waals surface area (Å²) in [6.07, 6.45) is 0.441. The van der Waals surface area contributed by atoms with Gasteiger partial charge >= 0.3 is 0 Å². The normalized spacial score (nSPS) is 12.1. The maximum atomic E-state index is 8.83. The summed E-state index contributed by atoms with van der Waals surface area (Å²) in [4.78, 5) is 0. The van der Waals surface area contributed by atoms with Gasteiger partial charge in [0.15, 0.2) is 0 Å². The zero-order valence-electron chi connectivity index (χ0n) is 7.57. The van der Waals surface area contributed by atoms with E-state index in [0.29, 0.717) is 17.0 Å². The molecule has 1 aromatic rings. The molecular formula is C10H11ClN2O. The van der Waals surface area contributed by atoms with E-state index in [1.165, 1.54) is 0 Å². The molecule has 0 bridgehead atoms. The van der Waals surface area contributed by atoms with Crippen LogP contribution in [-0.4, -0.2) is 11.7 Å². The summed E-state index contributed by atoms with van der Waals surface area (Å²) >= 11 is 5.74. The number of halogens is 1. The van der Waals surface area contributed by atoms with Crippen molar-refractivity contribution < 1.29 is 5.11 Å². The largest absolute Gasteiger partial charge is 0.396 e. The fraction of sp³-hybridized carbons (Fsp3) is 0.300. The molecule has 0 heterocycles. The van der Waals surface area contributed by atoms with Gasteiger partial charge < -0.3 is 10.8 Å². The quantitative estimate of drug-likeness (QED) is 0.796. The van der Waals surface area contributed by atoms with Crippen molar-refractivity contribution in [3.05, 3.63) is 34.3 Å². The van der Waals surface area contributed by atoms with Gasteiger partial charge in [0.05, 0.1) is 11.6 Å². The second-order valence-electron chi connectivity index (χ2n) is 2.96. The minimum atomic E-state index is -0.313. The van der Waals surface area contributed by atoms with Crippen LogP contribution >= 0.6 is 11.6 Å². The Bertz CT molecular complexity index is 360. The van der Waals surface area contributed by atoms with Crippen LogP contribution < -0.4 is 5.73 Å². The Balaban J connectivity index is 3.03. The number of nitriles is 1. The van der Waals surface area contributed by atoms with Crippen molar-refractivity contribution in [3.63, 3.8) is 0 Å². The van der Waals surface area contributed by atoms with Gasteiger partial charge in [0.2, 0.25) is 0 Å². The number of aliphatic hydroxyl groups excluding tert-OH is 1. The first kappa shape index (κ1) is 11.0. The molecule has 3 nitrogen and oxygen atoms in total. The SMILES string of the molecule is N#Cc1cc(Cl)ccc1[C@@H](N)CCO. The topological polar surface area (TPSA) is 70.0 Å². The van der Waals surface area contributed by atoms with Gasteiger partial charge in [-0.15, -0.1) is 0 Å². The summed E-state index contributed by atoms with van der Waals surface area (Å²) in [6.45, 7) is 0.00859. The van der Waals surface area contributed by atoms with Gasteiger partial charge in [0.1, 0.15) is 0 Å². The molecule has 14 heavy (non-hydrogen) atoms. The van der Waals surface area contributed by atoms with Crippen LogP contribution in [0.3, 0.4) is 0 Å². The van der Waals surface area contributed by atoms with E-state index in [2.05, 4.69) is 0 Å². The molecule has 0 aromatic heterocycles. The van der Waals surface area contributed by atoms with E-state index in [4.69, 9.17) is 27.7 Å². The summed E-state index contributed by atoms with van der Waals surface area (Å²) < 4.78 is 0. The molecule has 1 atom stereocenters. The van der Waals surface area contributed by atoms with Gasteiger partial charge in [-0.3, -0.25) is 0 Å². The van der Waals surface area contributed by atoms with Crippen LogP contribution in [-0.2, 0) is 0 Å². The van der Waals surface area contributed by atoms with Gasteiger partial charge in [0, 0.05) is 17.7 Å². The number of rotatable bonds is 3. The molecule has 0 spiro atoms. The third-order valence-corrected chi connectivity index (χ3v) is 2.21. The molecular weight excluding hydrogens is 200 g/mol. The third-order valence-electron chi connectivity index (χ3n) is 1.98. The molecule has 4 heteroatoms. The summed E-state index contributed by atoms with van der Waals surface area (Å²) in [5.74, 6) is 0. The standard InChI is InChI=1S/C10H11ClN2O/c11-8-1-2-9(7(5-8)6-12)10(13)3-4-14/h1-2,5,10,14H,3-4,13H2/t10-/m0/s1. The van der Waals surface area contributed by atoms with Crippen LogP contribution in [0.5, 0.6) is 0 Å². The van der Waals surface area contributed by atoms with Gasteiger partial charge in [0.25, 0.3) is 0 Å². The zero-order valence-corrected chi connectivity index (χ0v) is 8.33. The zero-order chi connectivity index (χ0) is 10.6. The molecule has 1 rings (SSSR count). The van der Waals surface area contributed by atoms with Gasteiger partial charge in [-0.2, -0.15) is 5.26 Å². The van der Waals surface area contributed by atoms with Crippen molar-refractivity contribution in [3.8, 4) is 6.07 Å². The van der Waals surface area contributed by atoms with E-state index in [1.807, 2.05) is 6.07 Å². The van der Waals surface area contributed by atoms with Gasteiger partial charge in [-0.05, 0) is 24.1 Å². The van der Waals surface area contributed by atoms with Crippen LogP contribution in [0.1, 0.15) is 23.6 Å². The Hall–Kier alpha value is -1.08. The van der Waals surface area contributed by atoms with Crippen molar-refractivity contribution in [1.29, 1.82) is 5.26 Å². The number of aliphatic hydroxyl groups is 1. The van der Waals surface area contributed by atoms with E-state index in [1.54, 1.807) is 18.2 Å². The highest BCUT2D eigenvalue weighted by molar-refractivity contribution is 6.30. The molecule has 0 fully saturated rings. The molecule has 0 aliphatic heterocycles. The predicted octanol–water partition coefficient (Wildman–Crippen LogP) is 1.59. The molecule has 0 amide bonds. The van der Waals surface area contributed by atoms with Crippen molar-refractivity contribution in [2.45, 2.75) is 12.5 Å². The molecule has 0 radical (unpaired) electrons. The van der Waals surface area contributed by atoms with Crippen LogP contribution in [0.25, 0.3) is 0 Å². The third kappa shape index (κ3) is 2.46. The number of hydrogen-bond acceptors (Lipinski definition) is 3.